The molecular formula is C22H24FN5O2. The number of aryl methyl sites for hydroxylation is 1. The standard InChI is InChI=1S/C22H24FN5O2/c1-13-11-28(12-24-13)15-3-4-16(18(29)9-15)17-5-6-19(27-26-17)30-20-14-7-8-22(2,21(20)23)25-10-14/h3-6,9,11-12,14,20-21,25,29H,7-8,10H2,1-2H3/t14-,20+,21-,22-/m0/s1. The Kier molecular flexibility index (Phi) is 4.47. The number of benzene rings is 1. The van der Waals surface area contributed by atoms with Crippen LogP contribution in [0.3, 0.4) is 0 Å². The van der Waals surface area contributed by atoms with Gasteiger partial charge in [0.05, 0.1) is 28.9 Å². The third kappa shape index (κ3) is 3.21. The fourth-order valence-electron chi connectivity index (χ4n) is 4.44. The molecule has 1 saturated carbocycles. The fraction of sp³-hybridized carbons (Fsp3) is 0.409. The Bertz CT molecular complexity index is 1060. The number of hydrogen-bond acceptors (Lipinski definition) is 6. The van der Waals surface area contributed by atoms with E-state index in [0.29, 0.717) is 17.1 Å². The van der Waals surface area contributed by atoms with Crippen LogP contribution in [0, 0.1) is 12.8 Å². The van der Waals surface area contributed by atoms with Crippen molar-refractivity contribution in [3.8, 4) is 28.6 Å². The topological polar surface area (TPSA) is 85.1 Å². The molecule has 2 aliphatic heterocycles. The summed E-state index contributed by atoms with van der Waals surface area (Å²) in [4.78, 5) is 4.20. The predicted molar refractivity (Wildman–Crippen MR) is 109 cm³/mol. The Morgan fingerprint density at radius 2 is 2.13 bits per heavy atom. The number of phenols is 1. The van der Waals surface area contributed by atoms with E-state index in [1.165, 1.54) is 0 Å². The van der Waals surface area contributed by atoms with E-state index in [9.17, 15) is 9.50 Å². The Morgan fingerprint density at radius 1 is 1.27 bits per heavy atom. The summed E-state index contributed by atoms with van der Waals surface area (Å²) in [5, 5.41) is 22.1. The van der Waals surface area contributed by atoms with Gasteiger partial charge in [-0.1, -0.05) is 0 Å². The lowest BCUT2D eigenvalue weighted by molar-refractivity contribution is -0.0729. The molecule has 6 rings (SSSR count). The summed E-state index contributed by atoms with van der Waals surface area (Å²) >= 11 is 0. The molecule has 0 spiro atoms. The third-order valence-electron chi connectivity index (χ3n) is 6.33. The lowest BCUT2D eigenvalue weighted by Gasteiger charge is -2.51. The molecule has 0 unspecified atom stereocenters. The molecular weight excluding hydrogens is 385 g/mol. The molecule has 2 saturated heterocycles. The van der Waals surface area contributed by atoms with Gasteiger partial charge in [-0.05, 0) is 44.9 Å². The van der Waals surface area contributed by atoms with Crippen molar-refractivity contribution in [3.05, 3.63) is 48.5 Å². The van der Waals surface area contributed by atoms with Gasteiger partial charge < -0.3 is 19.7 Å². The van der Waals surface area contributed by atoms with Gasteiger partial charge in [0.1, 0.15) is 11.9 Å². The second-order valence-electron chi connectivity index (χ2n) is 8.46. The SMILES string of the molecule is Cc1cn(-c2ccc(-c3ccc(O[C@@H]4[C@H]5CC[C@](C)(NC5)[C@H]4F)nn3)c(O)c2)cn1. The quantitative estimate of drug-likeness (QED) is 0.688. The summed E-state index contributed by atoms with van der Waals surface area (Å²) in [7, 11) is 0. The molecule has 1 aliphatic carbocycles. The Morgan fingerprint density at radius 3 is 2.77 bits per heavy atom. The first kappa shape index (κ1) is 19.0. The van der Waals surface area contributed by atoms with Gasteiger partial charge in [0.2, 0.25) is 5.88 Å². The van der Waals surface area contributed by atoms with E-state index in [2.05, 4.69) is 20.5 Å². The number of rotatable bonds is 4. The van der Waals surface area contributed by atoms with Gasteiger partial charge >= 0.3 is 0 Å². The molecule has 4 heterocycles. The van der Waals surface area contributed by atoms with E-state index in [0.717, 1.165) is 30.8 Å². The van der Waals surface area contributed by atoms with Gasteiger partial charge in [-0.15, -0.1) is 10.2 Å². The smallest absolute Gasteiger partial charge is 0.233 e. The number of hydrogen-bond donors (Lipinski definition) is 2. The first-order valence-electron chi connectivity index (χ1n) is 10.2. The molecule has 2 aromatic heterocycles. The molecule has 0 radical (unpaired) electrons. The third-order valence-corrected chi connectivity index (χ3v) is 6.33. The number of imidazole rings is 1. The maximum atomic E-state index is 14.9. The molecule has 2 bridgehead atoms. The van der Waals surface area contributed by atoms with Gasteiger partial charge in [-0.2, -0.15) is 0 Å². The van der Waals surface area contributed by atoms with Gasteiger partial charge in [0, 0.05) is 36.4 Å². The van der Waals surface area contributed by atoms with Crippen LogP contribution < -0.4 is 10.1 Å². The second kappa shape index (κ2) is 7.05. The maximum Gasteiger partial charge on any atom is 0.233 e. The molecule has 3 fully saturated rings. The number of nitrogens with one attached hydrogen (secondary N) is 1. The van der Waals surface area contributed by atoms with Crippen LogP contribution in [0.25, 0.3) is 16.9 Å². The molecule has 3 aromatic rings. The zero-order valence-electron chi connectivity index (χ0n) is 16.9. The zero-order chi connectivity index (χ0) is 20.9. The summed E-state index contributed by atoms with van der Waals surface area (Å²) < 4.78 is 22.7. The normalized spacial score (nSPS) is 27.9. The molecule has 0 amide bonds. The highest BCUT2D eigenvalue weighted by atomic mass is 19.1. The Balaban J connectivity index is 1.34. The fourth-order valence-corrected chi connectivity index (χ4v) is 4.44. The summed E-state index contributed by atoms with van der Waals surface area (Å²) in [5.74, 6) is 0.522. The van der Waals surface area contributed by atoms with E-state index < -0.39 is 17.8 Å². The van der Waals surface area contributed by atoms with Crippen LogP contribution in [0.4, 0.5) is 4.39 Å². The summed E-state index contributed by atoms with van der Waals surface area (Å²) in [5.41, 5.74) is 2.24. The van der Waals surface area contributed by atoms with E-state index in [-0.39, 0.29) is 11.7 Å². The molecule has 7 nitrogen and oxygen atoms in total. The van der Waals surface area contributed by atoms with E-state index in [1.807, 2.05) is 30.7 Å². The van der Waals surface area contributed by atoms with Crippen molar-refractivity contribution < 1.29 is 14.2 Å². The maximum absolute atomic E-state index is 14.9. The second-order valence-corrected chi connectivity index (χ2v) is 8.46. The van der Waals surface area contributed by atoms with E-state index in [1.54, 1.807) is 30.6 Å². The van der Waals surface area contributed by atoms with Gasteiger partial charge in [0.15, 0.2) is 6.17 Å². The molecule has 3 aliphatic rings. The minimum Gasteiger partial charge on any atom is -0.507 e. The number of phenolic OH excluding ortho intramolecular Hbond substituents is 1. The number of aromatic nitrogens is 4. The van der Waals surface area contributed by atoms with Gasteiger partial charge in [-0.3, -0.25) is 0 Å². The number of aromatic hydroxyl groups is 1. The Labute approximate surface area is 173 Å². The summed E-state index contributed by atoms with van der Waals surface area (Å²) in [6.07, 6.45) is 3.73. The predicted octanol–water partition coefficient (Wildman–Crippen LogP) is 3.20. The minimum absolute atomic E-state index is 0.0919. The van der Waals surface area contributed by atoms with Crippen molar-refractivity contribution in [3.63, 3.8) is 0 Å². The molecule has 156 valence electrons. The van der Waals surface area contributed by atoms with Crippen LogP contribution >= 0.6 is 0 Å². The van der Waals surface area contributed by atoms with E-state index in [4.69, 9.17) is 4.74 Å². The van der Waals surface area contributed by atoms with Crippen LogP contribution in [0.15, 0.2) is 42.9 Å². The lowest BCUT2D eigenvalue weighted by atomic mass is 9.70. The lowest BCUT2D eigenvalue weighted by Crippen LogP contribution is -2.68. The number of fused-ring (bicyclic) bond motifs is 3. The summed E-state index contributed by atoms with van der Waals surface area (Å²) in [6.45, 7) is 4.57. The van der Waals surface area contributed by atoms with Crippen molar-refractivity contribution in [2.75, 3.05) is 6.54 Å². The van der Waals surface area contributed by atoms with E-state index >= 15 is 0 Å². The molecule has 8 heteroatoms. The molecule has 30 heavy (non-hydrogen) atoms. The Hall–Kier alpha value is -3.00. The molecule has 4 atom stereocenters. The highest BCUT2D eigenvalue weighted by molar-refractivity contribution is 5.68. The molecule has 2 N–H and O–H groups in total. The molecule has 1 aromatic carbocycles. The average molecular weight is 409 g/mol. The monoisotopic (exact) mass is 409 g/mol. The highest BCUT2D eigenvalue weighted by Crippen LogP contribution is 2.40. The highest BCUT2D eigenvalue weighted by Gasteiger charge is 2.52. The van der Waals surface area contributed by atoms with Crippen LogP contribution in [0.2, 0.25) is 0 Å². The number of ether oxygens (including phenoxy) is 1. The van der Waals surface area contributed by atoms with Crippen molar-refractivity contribution in [2.24, 2.45) is 5.92 Å². The van der Waals surface area contributed by atoms with Crippen molar-refractivity contribution in [1.29, 1.82) is 0 Å². The first-order valence-corrected chi connectivity index (χ1v) is 10.2. The minimum atomic E-state index is -1.09. The number of alkyl halides is 1. The largest absolute Gasteiger partial charge is 0.507 e. The number of piperidine rings is 2. The van der Waals surface area contributed by atoms with Crippen LogP contribution in [-0.4, -0.2) is 49.2 Å². The van der Waals surface area contributed by atoms with Crippen LogP contribution in [-0.2, 0) is 0 Å². The van der Waals surface area contributed by atoms with Crippen LogP contribution in [0.1, 0.15) is 25.5 Å². The van der Waals surface area contributed by atoms with Gasteiger partial charge in [-0.25, -0.2) is 9.37 Å². The first-order chi connectivity index (χ1) is 14.4. The number of nitrogens with zero attached hydrogens (tertiary/aromatic N) is 4. The van der Waals surface area contributed by atoms with Crippen molar-refractivity contribution in [1.82, 2.24) is 25.1 Å². The number of halogens is 1. The van der Waals surface area contributed by atoms with Crippen molar-refractivity contribution in [2.45, 2.75) is 44.5 Å². The summed E-state index contributed by atoms with van der Waals surface area (Å²) in [6, 6.07) is 8.73. The zero-order valence-corrected chi connectivity index (χ0v) is 16.9. The van der Waals surface area contributed by atoms with Crippen LogP contribution in [0.5, 0.6) is 11.6 Å². The van der Waals surface area contributed by atoms with Crippen molar-refractivity contribution >= 4 is 0 Å². The average Bonchev–Trinajstić information content (AvgIpc) is 3.18. The van der Waals surface area contributed by atoms with Gasteiger partial charge in [0.25, 0.3) is 0 Å².